The molecule has 20 aromatic rings. The highest BCUT2D eigenvalue weighted by molar-refractivity contribution is 9.10. The van der Waals surface area contributed by atoms with Gasteiger partial charge in [-0.2, -0.15) is 0 Å². The van der Waals surface area contributed by atoms with E-state index < -0.39 is 0 Å². The maximum atomic E-state index is 3.60. The molecule has 0 saturated heterocycles. The van der Waals surface area contributed by atoms with E-state index in [-0.39, 0.29) is 0 Å². The summed E-state index contributed by atoms with van der Waals surface area (Å²) in [5, 5.41) is 15.2. The first-order valence-electron chi connectivity index (χ1n) is 33.1. The molecule has 16 aromatic carbocycles. The van der Waals surface area contributed by atoms with Gasteiger partial charge in [0.05, 0.1) is 38.8 Å². The Morgan fingerprint density at radius 2 is 0.526 bits per heavy atom. The van der Waals surface area contributed by atoms with E-state index in [1.165, 1.54) is 170 Å². The maximum Gasteiger partial charge on any atom is 0.0541 e. The first-order chi connectivity index (χ1) is 48.1. The maximum absolute atomic E-state index is 3.60. The van der Waals surface area contributed by atoms with Gasteiger partial charge in [-0.05, 0) is 170 Å². The van der Waals surface area contributed by atoms with Gasteiger partial charge in [-0.15, -0.1) is 0 Å². The predicted molar refractivity (Wildman–Crippen MR) is 416 cm³/mol. The van der Waals surface area contributed by atoms with Crippen molar-refractivity contribution in [3.05, 3.63) is 368 Å². The van der Waals surface area contributed by atoms with Crippen molar-refractivity contribution >= 4 is 125 Å². The van der Waals surface area contributed by atoms with Gasteiger partial charge in [-0.3, -0.25) is 0 Å². The third-order valence-electron chi connectivity index (χ3n) is 19.4. The van der Waals surface area contributed by atoms with Crippen molar-refractivity contribution in [2.75, 3.05) is 0 Å². The molecule has 0 bridgehead atoms. The Kier molecular flexibility index (Phi) is 14.3. The minimum absolute atomic E-state index is 1.15. The lowest BCUT2D eigenvalue weighted by molar-refractivity contribution is 1.18. The highest BCUT2D eigenvalue weighted by Gasteiger charge is 2.20. The number of hydrogen-bond donors (Lipinski definition) is 1. The van der Waals surface area contributed by atoms with Crippen molar-refractivity contribution in [2.45, 2.75) is 0 Å². The number of benzene rings is 16. The van der Waals surface area contributed by atoms with Crippen LogP contribution in [0, 0.1) is 0 Å². The zero-order valence-corrected chi connectivity index (χ0v) is 54.4. The molecule has 1 N–H and O–H groups in total. The molecule has 0 amide bonds. The lowest BCUT2D eigenvalue weighted by atomic mass is 9.97. The Bertz CT molecular complexity index is 6380. The van der Waals surface area contributed by atoms with Gasteiger partial charge in [-0.25, -0.2) is 0 Å². The zero-order valence-electron chi connectivity index (χ0n) is 52.9. The molecule has 0 fully saturated rings. The lowest BCUT2D eigenvalue weighted by Gasteiger charge is -2.15. The van der Waals surface area contributed by atoms with Crippen LogP contribution in [0.25, 0.3) is 170 Å². The van der Waals surface area contributed by atoms with Crippen LogP contribution in [0.15, 0.2) is 368 Å². The molecule has 4 nitrogen and oxygen atoms in total. The van der Waals surface area contributed by atoms with E-state index in [4.69, 9.17) is 0 Å². The van der Waals surface area contributed by atoms with Gasteiger partial charge in [-0.1, -0.05) is 271 Å². The van der Waals surface area contributed by atoms with E-state index in [0.717, 1.165) is 4.47 Å². The Labute approximate surface area is 569 Å². The average Bonchev–Trinajstić information content (AvgIpc) is 1.61. The Morgan fingerprint density at radius 3 is 1.02 bits per heavy atom. The van der Waals surface area contributed by atoms with E-state index in [1.807, 2.05) is 6.07 Å². The van der Waals surface area contributed by atoms with Crippen molar-refractivity contribution in [1.29, 1.82) is 0 Å². The van der Waals surface area contributed by atoms with Crippen molar-refractivity contribution in [3.8, 4) is 61.6 Å². The van der Waals surface area contributed by atoms with Gasteiger partial charge in [0.25, 0.3) is 0 Å². The van der Waals surface area contributed by atoms with Gasteiger partial charge in [0.2, 0.25) is 0 Å². The normalized spacial score (nSPS) is 11.6. The van der Waals surface area contributed by atoms with Crippen LogP contribution < -0.4 is 0 Å². The molecule has 20 rings (SSSR count). The summed E-state index contributed by atoms with van der Waals surface area (Å²) in [5.74, 6) is 0. The fraction of sp³-hybridized carbons (Fsp3) is 0. The van der Waals surface area contributed by atoms with Crippen molar-refractivity contribution in [1.82, 2.24) is 18.7 Å². The van der Waals surface area contributed by atoms with Crippen LogP contribution in [0.3, 0.4) is 0 Å². The molecule has 0 spiro atoms. The van der Waals surface area contributed by atoms with E-state index >= 15 is 0 Å². The smallest absolute Gasteiger partial charge is 0.0541 e. The van der Waals surface area contributed by atoms with Crippen molar-refractivity contribution < 1.29 is 0 Å². The molecule has 0 aliphatic carbocycles. The molecule has 4 aromatic heterocycles. The number of nitrogens with one attached hydrogen (secondary N) is 1. The van der Waals surface area contributed by atoms with Gasteiger partial charge in [0.1, 0.15) is 0 Å². The summed E-state index contributed by atoms with van der Waals surface area (Å²) in [6.07, 6.45) is 0. The highest BCUT2D eigenvalue weighted by atomic mass is 79.9. The van der Waals surface area contributed by atoms with Gasteiger partial charge < -0.3 is 18.7 Å². The largest absolute Gasteiger partial charge is 0.355 e. The summed E-state index contributed by atoms with van der Waals surface area (Å²) in [5.41, 5.74) is 23.2. The molecule has 97 heavy (non-hydrogen) atoms. The molecule has 4 heterocycles. The minimum atomic E-state index is 1.15. The molecule has 0 aliphatic heterocycles. The van der Waals surface area contributed by atoms with Crippen LogP contribution in [0.2, 0.25) is 0 Å². The predicted octanol–water partition coefficient (Wildman–Crippen LogP) is 25.7. The summed E-state index contributed by atoms with van der Waals surface area (Å²) < 4.78 is 8.32. The van der Waals surface area contributed by atoms with Gasteiger partial charge >= 0.3 is 0 Å². The van der Waals surface area contributed by atoms with E-state index in [9.17, 15) is 0 Å². The second-order valence-electron chi connectivity index (χ2n) is 24.9. The molecule has 0 unspecified atom stereocenters. The van der Waals surface area contributed by atoms with E-state index in [1.54, 1.807) is 0 Å². The Hall–Kier alpha value is -12.3. The topological polar surface area (TPSA) is 30.6 Å². The number of H-pyrrole nitrogens is 1. The minimum Gasteiger partial charge on any atom is -0.355 e. The molecule has 5 heteroatoms. The number of aromatic nitrogens is 4. The number of aromatic amines is 1. The SMILES string of the molecule is Brc1ccc(-c2ccccc2)c2ccccc12.c1ccc(-c2ccc(-n3c4ccccc4c4cc(-c5ccc6c(c5)c5ccccc5n6-c5ccccc5)ccc43)c3ccccc23)cc1.c1ccc(-n2c3ccccc3c3cc(-c4ccc5[nH]c6ccccc6c5c4)ccc32)cc1. The number of para-hydroxylation sites is 6. The highest BCUT2D eigenvalue weighted by Crippen LogP contribution is 2.43. The summed E-state index contributed by atoms with van der Waals surface area (Å²) in [4.78, 5) is 3.53. The monoisotopic (exact) mass is 1300 g/mol. The quantitative estimate of drug-likeness (QED) is 0.165. The van der Waals surface area contributed by atoms with Gasteiger partial charge in [0.15, 0.2) is 0 Å². The Balaban J connectivity index is 0.000000119. The van der Waals surface area contributed by atoms with Crippen molar-refractivity contribution in [2.24, 2.45) is 0 Å². The summed E-state index contributed by atoms with van der Waals surface area (Å²) in [7, 11) is 0. The summed E-state index contributed by atoms with van der Waals surface area (Å²) >= 11 is 3.60. The first-order valence-corrected chi connectivity index (χ1v) is 33.9. The zero-order chi connectivity index (χ0) is 64.3. The molecular formula is C92H61BrN4. The van der Waals surface area contributed by atoms with Crippen LogP contribution in [0.5, 0.6) is 0 Å². The molecular weight excluding hydrogens is 1240 g/mol. The average molecular weight is 1300 g/mol. The molecule has 0 aliphatic rings. The molecule has 0 radical (unpaired) electrons. The van der Waals surface area contributed by atoms with Crippen LogP contribution >= 0.6 is 15.9 Å². The first kappa shape index (κ1) is 57.4. The number of fused-ring (bicyclic) bond motifs is 14. The molecule has 0 saturated carbocycles. The molecule has 456 valence electrons. The lowest BCUT2D eigenvalue weighted by Crippen LogP contribution is -1.96. The van der Waals surface area contributed by atoms with Crippen LogP contribution in [0.4, 0.5) is 0 Å². The molecule has 0 atom stereocenters. The second-order valence-corrected chi connectivity index (χ2v) is 25.8. The van der Waals surface area contributed by atoms with E-state index in [2.05, 4.69) is 393 Å². The summed E-state index contributed by atoms with van der Waals surface area (Å²) in [6, 6.07) is 131. The van der Waals surface area contributed by atoms with Crippen LogP contribution in [-0.4, -0.2) is 18.7 Å². The van der Waals surface area contributed by atoms with Gasteiger partial charge in [0, 0.05) is 75.4 Å². The van der Waals surface area contributed by atoms with E-state index in [0.29, 0.717) is 0 Å². The number of hydrogen-bond acceptors (Lipinski definition) is 0. The standard InChI is InChI=1S/C46H30N2.C30H20N2.C16H11Br/c1-3-13-31(14-4-1)35-25-28-44(37-18-8-7-17-36(35)37)48-43-22-12-10-20-39(43)41-30-33(24-27-46(41)48)32-23-26-45-40(29-32)38-19-9-11-21-42(38)47(45)34-15-5-2-6-16-34;1-2-8-22(9-3-1)32-29-13-7-5-11-24(29)26-19-21(15-17-30(26)32)20-14-16-28-25(18-20)23-10-4-6-12-27(23)31-28;17-16-11-10-13(12-6-2-1-3-7-12)14-8-4-5-9-15(14)16/h1-30H;1-19,31H;1-11H. The summed E-state index contributed by atoms with van der Waals surface area (Å²) in [6.45, 7) is 0. The fourth-order valence-electron chi connectivity index (χ4n) is 14.9. The number of nitrogens with zero attached hydrogens (tertiary/aromatic N) is 3. The Morgan fingerprint density at radius 1 is 0.196 bits per heavy atom. The fourth-order valence-corrected chi connectivity index (χ4v) is 15.4. The number of halogens is 1. The van der Waals surface area contributed by atoms with Crippen LogP contribution in [-0.2, 0) is 0 Å². The number of rotatable bonds is 7. The van der Waals surface area contributed by atoms with Crippen molar-refractivity contribution in [3.63, 3.8) is 0 Å². The third-order valence-corrected chi connectivity index (χ3v) is 20.1. The third kappa shape index (κ3) is 10.1. The van der Waals surface area contributed by atoms with Crippen LogP contribution in [0.1, 0.15) is 0 Å². The second kappa shape index (κ2) is 24.2.